The van der Waals surface area contributed by atoms with Crippen molar-refractivity contribution in [3.63, 3.8) is 0 Å². The van der Waals surface area contributed by atoms with E-state index in [-0.39, 0.29) is 21.7 Å². The van der Waals surface area contributed by atoms with E-state index in [1.54, 1.807) is 0 Å². The minimum Gasteiger partial charge on any atom is -0.872 e. The van der Waals surface area contributed by atoms with E-state index in [0.717, 1.165) is 49.7 Å². The van der Waals surface area contributed by atoms with Crippen LogP contribution in [0.3, 0.4) is 0 Å². The van der Waals surface area contributed by atoms with E-state index in [1.807, 2.05) is 0 Å². The molecule has 1 aromatic rings. The summed E-state index contributed by atoms with van der Waals surface area (Å²) in [6, 6.07) is 2.51. The van der Waals surface area contributed by atoms with Gasteiger partial charge in [-0.1, -0.05) is 61.5 Å². The molecule has 25 heavy (non-hydrogen) atoms. The molecule has 0 amide bonds. The molecule has 0 spiro atoms. The van der Waals surface area contributed by atoms with Crippen LogP contribution in [-0.2, 0) is 21.7 Å². The van der Waals surface area contributed by atoms with Crippen LogP contribution in [0.5, 0.6) is 5.75 Å². The van der Waals surface area contributed by atoms with Crippen LogP contribution < -0.4 is 5.11 Å². The van der Waals surface area contributed by atoms with Crippen LogP contribution in [0.15, 0.2) is 6.07 Å². The first-order chi connectivity index (χ1) is 11.5. The Kier molecular flexibility index (Phi) is 4.14. The third-order valence-electron chi connectivity index (χ3n) is 8.05. The first-order valence-corrected chi connectivity index (χ1v) is 10.4. The molecule has 1 aromatic carbocycles. The van der Waals surface area contributed by atoms with Crippen LogP contribution in [0, 0.1) is 0 Å². The molecule has 0 saturated heterocycles. The first kappa shape index (κ1) is 18.8. The van der Waals surface area contributed by atoms with Crippen molar-refractivity contribution in [3.8, 4) is 5.75 Å². The maximum Gasteiger partial charge on any atom is -0.00411 e. The summed E-state index contributed by atoms with van der Waals surface area (Å²) >= 11 is 0. The van der Waals surface area contributed by atoms with Gasteiger partial charge >= 0.3 is 0 Å². The molecule has 0 saturated carbocycles. The Morgan fingerprint density at radius 2 is 1.04 bits per heavy atom. The minimum atomic E-state index is -0.00672. The van der Waals surface area contributed by atoms with Crippen LogP contribution in [0.2, 0.25) is 0 Å². The minimum absolute atomic E-state index is 0.00672. The van der Waals surface area contributed by atoms with Gasteiger partial charge in [0.1, 0.15) is 0 Å². The van der Waals surface area contributed by atoms with Crippen molar-refractivity contribution in [2.24, 2.45) is 0 Å². The molecule has 0 aliphatic heterocycles. The number of hydrogen-bond donors (Lipinski definition) is 0. The third-order valence-corrected chi connectivity index (χ3v) is 8.05. The average molecular weight is 342 g/mol. The molecule has 0 aromatic heterocycles. The van der Waals surface area contributed by atoms with E-state index in [9.17, 15) is 5.11 Å². The van der Waals surface area contributed by atoms with Gasteiger partial charge in [0.05, 0.1) is 0 Å². The topological polar surface area (TPSA) is 23.1 Å². The molecular formula is C24H37O-. The summed E-state index contributed by atoms with van der Waals surface area (Å²) in [5.41, 5.74) is 5.45. The summed E-state index contributed by atoms with van der Waals surface area (Å²) in [7, 11) is 0. The van der Waals surface area contributed by atoms with Gasteiger partial charge in [0.2, 0.25) is 0 Å². The summed E-state index contributed by atoms with van der Waals surface area (Å²) in [6.45, 7) is 18.4. The predicted octanol–water partition coefficient (Wildman–Crippen LogP) is 6.24. The normalized spacial score (nSPS) is 24.2. The Morgan fingerprint density at radius 3 is 1.32 bits per heavy atom. The molecule has 1 nitrogen and oxygen atoms in total. The van der Waals surface area contributed by atoms with Gasteiger partial charge in [-0.25, -0.2) is 0 Å². The number of hydrogen-bond acceptors (Lipinski definition) is 1. The zero-order valence-electron chi connectivity index (χ0n) is 17.7. The van der Waals surface area contributed by atoms with Crippen LogP contribution in [0.25, 0.3) is 0 Å². The van der Waals surface area contributed by atoms with Crippen molar-refractivity contribution in [2.45, 2.75) is 116 Å². The second kappa shape index (κ2) is 5.51. The molecule has 140 valence electrons. The molecule has 2 aliphatic rings. The highest BCUT2D eigenvalue weighted by molar-refractivity contribution is 5.64. The van der Waals surface area contributed by atoms with Crippen molar-refractivity contribution in [3.05, 3.63) is 28.3 Å². The van der Waals surface area contributed by atoms with E-state index < -0.39 is 0 Å². The maximum atomic E-state index is 13.8. The van der Waals surface area contributed by atoms with Crippen LogP contribution in [0.1, 0.15) is 116 Å². The lowest BCUT2D eigenvalue weighted by Crippen LogP contribution is -2.25. The number of benzene rings is 1. The summed E-state index contributed by atoms with van der Waals surface area (Å²) < 4.78 is 0. The van der Waals surface area contributed by atoms with Crippen LogP contribution in [0.4, 0.5) is 0 Å². The molecule has 0 fully saturated rings. The summed E-state index contributed by atoms with van der Waals surface area (Å²) in [5.74, 6) is 0.384. The molecule has 0 bridgehead atoms. The van der Waals surface area contributed by atoms with Gasteiger partial charge in [-0.3, -0.25) is 0 Å². The molecule has 0 N–H and O–H groups in total. The Hall–Kier alpha value is -0.980. The Bertz CT molecular complexity index is 628. The van der Waals surface area contributed by atoms with E-state index in [4.69, 9.17) is 0 Å². The highest BCUT2D eigenvalue weighted by Gasteiger charge is 2.51. The third kappa shape index (κ3) is 2.26. The lowest BCUT2D eigenvalue weighted by molar-refractivity contribution is -0.271. The van der Waals surface area contributed by atoms with Crippen LogP contribution in [-0.4, -0.2) is 0 Å². The zero-order valence-corrected chi connectivity index (χ0v) is 17.7. The predicted molar refractivity (Wildman–Crippen MR) is 106 cm³/mol. The molecule has 0 radical (unpaired) electrons. The first-order valence-electron chi connectivity index (χ1n) is 10.4. The summed E-state index contributed by atoms with van der Waals surface area (Å²) in [4.78, 5) is 0. The quantitative estimate of drug-likeness (QED) is 0.636. The summed E-state index contributed by atoms with van der Waals surface area (Å²) in [6.07, 6.45) is 6.76. The lowest BCUT2D eigenvalue weighted by Gasteiger charge is -2.33. The summed E-state index contributed by atoms with van der Waals surface area (Å²) in [5, 5.41) is 13.8. The fraction of sp³-hybridized carbons (Fsp3) is 0.750. The van der Waals surface area contributed by atoms with Crippen molar-refractivity contribution < 1.29 is 5.11 Å². The molecule has 0 atom stereocenters. The highest BCUT2D eigenvalue weighted by atomic mass is 16.3. The smallest absolute Gasteiger partial charge is 0.00411 e. The second-order valence-electron chi connectivity index (χ2n) is 10.1. The Morgan fingerprint density at radius 1 is 0.720 bits per heavy atom. The molecule has 0 unspecified atom stereocenters. The molecule has 0 heterocycles. The highest BCUT2D eigenvalue weighted by Crippen LogP contribution is 2.62. The van der Waals surface area contributed by atoms with Gasteiger partial charge in [-0.05, 0) is 82.4 Å². The maximum absolute atomic E-state index is 13.8. The van der Waals surface area contributed by atoms with Crippen molar-refractivity contribution >= 4 is 0 Å². The van der Waals surface area contributed by atoms with Gasteiger partial charge in [0, 0.05) is 0 Å². The molecule has 2 aliphatic carbocycles. The second-order valence-corrected chi connectivity index (χ2v) is 10.1. The van der Waals surface area contributed by atoms with Crippen LogP contribution >= 0.6 is 0 Å². The fourth-order valence-corrected chi connectivity index (χ4v) is 6.66. The van der Waals surface area contributed by atoms with Gasteiger partial charge in [0.25, 0.3) is 0 Å². The largest absolute Gasteiger partial charge is 0.872 e. The van der Waals surface area contributed by atoms with E-state index >= 15 is 0 Å². The standard InChI is InChI=1S/C24H38O/c1-9-23(10-2)14-21(5,6)18-16(23)13-17-19(20(18)25)22(7,8)15-24(17,11-3)12-4/h13,25H,9-12,14-15H2,1-8H3/p-1. The number of rotatable bonds is 4. The van der Waals surface area contributed by atoms with Gasteiger partial charge in [0.15, 0.2) is 0 Å². The molecule has 3 rings (SSSR count). The van der Waals surface area contributed by atoms with Gasteiger partial charge < -0.3 is 5.11 Å². The molecular weight excluding hydrogens is 304 g/mol. The molecule has 1 heteroatoms. The van der Waals surface area contributed by atoms with Crippen molar-refractivity contribution in [1.29, 1.82) is 0 Å². The van der Waals surface area contributed by atoms with Crippen molar-refractivity contribution in [2.75, 3.05) is 0 Å². The number of fused-ring (bicyclic) bond motifs is 2. The lowest BCUT2D eigenvalue weighted by atomic mass is 9.72. The average Bonchev–Trinajstić information content (AvgIpc) is 2.94. The van der Waals surface area contributed by atoms with E-state index in [2.05, 4.69) is 61.5 Å². The Balaban J connectivity index is 2.41. The van der Waals surface area contributed by atoms with E-state index in [0.29, 0.717) is 5.75 Å². The SMILES string of the molecule is CCC1(CC)CC(C)(C)c2c1cc1c(c2[O-])C(C)(C)CC1(CC)CC. The Labute approximate surface area is 155 Å². The van der Waals surface area contributed by atoms with E-state index in [1.165, 1.54) is 11.1 Å². The monoisotopic (exact) mass is 341 g/mol. The fourth-order valence-electron chi connectivity index (χ4n) is 6.66. The van der Waals surface area contributed by atoms with Crippen molar-refractivity contribution in [1.82, 2.24) is 0 Å². The van der Waals surface area contributed by atoms with Gasteiger partial charge in [-0.2, -0.15) is 0 Å². The zero-order chi connectivity index (χ0) is 18.8. The van der Waals surface area contributed by atoms with Gasteiger partial charge in [-0.15, -0.1) is 5.75 Å².